The number of benzene rings is 1. The second kappa shape index (κ2) is 3.28. The van der Waals surface area contributed by atoms with E-state index in [9.17, 15) is 9.90 Å². The van der Waals surface area contributed by atoms with Crippen LogP contribution in [0.25, 0.3) is 0 Å². The van der Waals surface area contributed by atoms with Gasteiger partial charge in [-0.2, -0.15) is 0 Å². The van der Waals surface area contributed by atoms with Gasteiger partial charge in [0.2, 0.25) is 0 Å². The molecule has 1 N–H and O–H groups in total. The van der Waals surface area contributed by atoms with Crippen molar-refractivity contribution < 1.29 is 19.4 Å². The average Bonchev–Trinajstić information content (AvgIpc) is 2.84. The van der Waals surface area contributed by atoms with Gasteiger partial charge in [-0.15, -0.1) is 0 Å². The first-order valence-corrected chi connectivity index (χ1v) is 5.44. The van der Waals surface area contributed by atoms with Crippen molar-refractivity contribution in [2.24, 2.45) is 0 Å². The van der Waals surface area contributed by atoms with Crippen LogP contribution in [-0.4, -0.2) is 24.3 Å². The zero-order chi connectivity index (χ0) is 11.3. The van der Waals surface area contributed by atoms with E-state index in [0.717, 1.165) is 5.56 Å². The molecule has 0 spiro atoms. The number of carboxylic acid groups (broad SMARTS) is 1. The third-order valence-corrected chi connectivity index (χ3v) is 3.35. The lowest BCUT2D eigenvalue weighted by Crippen LogP contribution is -2.04. The van der Waals surface area contributed by atoms with Crippen molar-refractivity contribution in [3.05, 3.63) is 21.7 Å². The highest BCUT2D eigenvalue weighted by atomic mass is 35.5. The lowest BCUT2D eigenvalue weighted by Gasteiger charge is -2.11. The van der Waals surface area contributed by atoms with Crippen LogP contribution in [0.1, 0.15) is 21.5 Å². The molecule has 0 unspecified atom stereocenters. The minimum absolute atomic E-state index is 0.226. The van der Waals surface area contributed by atoms with Crippen molar-refractivity contribution in [2.45, 2.75) is 12.8 Å². The summed E-state index contributed by atoms with van der Waals surface area (Å²) in [6.07, 6.45) is 1.22. The molecule has 0 bridgehead atoms. The lowest BCUT2D eigenvalue weighted by atomic mass is 9.99. The first-order chi connectivity index (χ1) is 7.70. The number of carbonyl (C=O) groups is 1. The Labute approximate surface area is 96.7 Å². The summed E-state index contributed by atoms with van der Waals surface area (Å²) in [5.41, 5.74) is 1.65. The summed E-state index contributed by atoms with van der Waals surface area (Å²) in [7, 11) is 0. The smallest absolute Gasteiger partial charge is 0.339 e. The zero-order valence-electron chi connectivity index (χ0n) is 8.38. The topological polar surface area (TPSA) is 55.8 Å². The van der Waals surface area contributed by atoms with Gasteiger partial charge in [-0.1, -0.05) is 11.6 Å². The molecule has 0 radical (unpaired) electrons. The number of hydrogen-bond donors (Lipinski definition) is 1. The molecule has 84 valence electrons. The van der Waals surface area contributed by atoms with E-state index in [1.165, 1.54) is 0 Å². The quantitative estimate of drug-likeness (QED) is 0.815. The molecule has 4 nitrogen and oxygen atoms in total. The number of ether oxygens (including phenoxy) is 2. The Morgan fingerprint density at radius 3 is 2.44 bits per heavy atom. The molecule has 0 aromatic heterocycles. The van der Waals surface area contributed by atoms with E-state index < -0.39 is 5.97 Å². The van der Waals surface area contributed by atoms with E-state index in [-0.39, 0.29) is 5.56 Å². The number of fused-ring (bicyclic) bond motifs is 2. The van der Waals surface area contributed by atoms with E-state index in [4.69, 9.17) is 21.1 Å². The molecule has 3 rings (SSSR count). The van der Waals surface area contributed by atoms with Gasteiger partial charge in [0.1, 0.15) is 17.1 Å². The van der Waals surface area contributed by atoms with Crippen LogP contribution in [-0.2, 0) is 12.8 Å². The van der Waals surface area contributed by atoms with E-state index >= 15 is 0 Å². The summed E-state index contributed by atoms with van der Waals surface area (Å²) in [5.74, 6) is -0.0124. The number of aromatic carboxylic acids is 1. The minimum atomic E-state index is -0.975. The van der Waals surface area contributed by atoms with Gasteiger partial charge in [-0.25, -0.2) is 4.79 Å². The van der Waals surface area contributed by atoms with Gasteiger partial charge in [0.05, 0.1) is 18.2 Å². The fraction of sp³-hybridized carbons (Fsp3) is 0.364. The first kappa shape index (κ1) is 9.78. The molecule has 16 heavy (non-hydrogen) atoms. The molecule has 5 heteroatoms. The molecule has 1 aromatic carbocycles. The predicted octanol–water partition coefficient (Wildman–Crippen LogP) is 1.91. The highest BCUT2D eigenvalue weighted by molar-refractivity contribution is 6.33. The van der Waals surface area contributed by atoms with Crippen molar-refractivity contribution in [2.75, 3.05) is 13.2 Å². The Morgan fingerprint density at radius 1 is 1.12 bits per heavy atom. The molecule has 2 aliphatic heterocycles. The molecule has 2 aliphatic rings. The molecule has 0 aliphatic carbocycles. The van der Waals surface area contributed by atoms with Gasteiger partial charge in [0, 0.05) is 24.0 Å². The van der Waals surface area contributed by atoms with Crippen molar-refractivity contribution >= 4 is 17.6 Å². The zero-order valence-corrected chi connectivity index (χ0v) is 9.13. The maximum atomic E-state index is 11.3. The Hall–Kier alpha value is -1.42. The van der Waals surface area contributed by atoms with E-state index in [0.29, 0.717) is 48.1 Å². The summed E-state index contributed by atoms with van der Waals surface area (Å²) in [6.45, 7) is 0.969. The highest BCUT2D eigenvalue weighted by Gasteiger charge is 2.33. The minimum Gasteiger partial charge on any atom is -0.492 e. The highest BCUT2D eigenvalue weighted by Crippen LogP contribution is 2.46. The van der Waals surface area contributed by atoms with Crippen LogP contribution in [0.4, 0.5) is 0 Å². The van der Waals surface area contributed by atoms with Gasteiger partial charge in [-0.3, -0.25) is 0 Å². The maximum absolute atomic E-state index is 11.3. The number of carboxylic acids is 1. The largest absolute Gasteiger partial charge is 0.492 e. The molecular formula is C11H9ClO4. The van der Waals surface area contributed by atoms with Crippen LogP contribution >= 0.6 is 11.6 Å². The van der Waals surface area contributed by atoms with Gasteiger partial charge < -0.3 is 14.6 Å². The summed E-state index contributed by atoms with van der Waals surface area (Å²) >= 11 is 6.18. The van der Waals surface area contributed by atoms with Gasteiger partial charge >= 0.3 is 5.97 Å². The molecular weight excluding hydrogens is 232 g/mol. The molecule has 0 amide bonds. The molecule has 2 heterocycles. The molecule has 0 fully saturated rings. The van der Waals surface area contributed by atoms with Gasteiger partial charge in [0.15, 0.2) is 0 Å². The second-order valence-corrected chi connectivity index (χ2v) is 4.18. The van der Waals surface area contributed by atoms with Crippen LogP contribution in [0.2, 0.25) is 5.02 Å². The number of rotatable bonds is 1. The third kappa shape index (κ3) is 1.13. The summed E-state index contributed by atoms with van der Waals surface area (Å²) in [6, 6.07) is 0. The molecule has 0 saturated heterocycles. The molecule has 1 aromatic rings. The summed E-state index contributed by atoms with van der Waals surface area (Å²) < 4.78 is 10.8. The number of halogens is 1. The Kier molecular flexibility index (Phi) is 2.01. The van der Waals surface area contributed by atoms with Crippen LogP contribution in [0.15, 0.2) is 0 Å². The predicted molar refractivity (Wildman–Crippen MR) is 56.8 cm³/mol. The summed E-state index contributed by atoms with van der Waals surface area (Å²) in [5, 5.41) is 9.74. The maximum Gasteiger partial charge on any atom is 0.339 e. The Morgan fingerprint density at radius 2 is 1.75 bits per heavy atom. The third-order valence-electron chi connectivity index (χ3n) is 2.95. The van der Waals surface area contributed by atoms with Crippen LogP contribution < -0.4 is 9.47 Å². The molecule has 0 saturated carbocycles. The number of hydrogen-bond acceptors (Lipinski definition) is 3. The van der Waals surface area contributed by atoms with Crippen molar-refractivity contribution in [3.8, 4) is 11.5 Å². The fourth-order valence-electron chi connectivity index (χ4n) is 2.28. The van der Waals surface area contributed by atoms with Crippen molar-refractivity contribution in [1.82, 2.24) is 0 Å². The molecule has 0 atom stereocenters. The normalized spacial score (nSPS) is 16.3. The van der Waals surface area contributed by atoms with Gasteiger partial charge in [0.25, 0.3) is 0 Å². The average molecular weight is 241 g/mol. The van der Waals surface area contributed by atoms with Gasteiger partial charge in [-0.05, 0) is 0 Å². The Balaban J connectivity index is 2.36. The second-order valence-electron chi connectivity index (χ2n) is 3.81. The van der Waals surface area contributed by atoms with Crippen LogP contribution in [0.3, 0.4) is 0 Å². The van der Waals surface area contributed by atoms with Crippen LogP contribution in [0.5, 0.6) is 11.5 Å². The van der Waals surface area contributed by atoms with E-state index in [2.05, 4.69) is 0 Å². The van der Waals surface area contributed by atoms with Crippen molar-refractivity contribution in [1.29, 1.82) is 0 Å². The Bertz CT molecular complexity index is 460. The SMILES string of the molecule is O=C(O)c1c2c(c(Cl)c3c1OCC3)OCC2. The van der Waals surface area contributed by atoms with Crippen molar-refractivity contribution in [3.63, 3.8) is 0 Å². The first-order valence-electron chi connectivity index (χ1n) is 5.06. The van der Waals surface area contributed by atoms with E-state index in [1.54, 1.807) is 0 Å². The van der Waals surface area contributed by atoms with E-state index in [1.807, 2.05) is 0 Å². The standard InChI is InChI=1S/C11H9ClO4/c12-8-6-2-4-15-9(6)7(11(13)14)5-1-3-16-10(5)8/h1-4H2,(H,13,14). The van der Waals surface area contributed by atoms with Crippen LogP contribution in [0, 0.1) is 0 Å². The monoisotopic (exact) mass is 240 g/mol. The fourth-order valence-corrected chi connectivity index (χ4v) is 2.63. The summed E-state index contributed by atoms with van der Waals surface area (Å²) in [4.78, 5) is 11.3. The lowest BCUT2D eigenvalue weighted by molar-refractivity contribution is 0.0692.